The van der Waals surface area contributed by atoms with Crippen molar-refractivity contribution >= 4 is 33.7 Å². The van der Waals surface area contributed by atoms with Crippen LogP contribution in [0.15, 0.2) is 9.98 Å². The number of carbonyl (C=O) groups excluding carboxylic acids is 1. The van der Waals surface area contributed by atoms with E-state index in [0.29, 0.717) is 5.56 Å². The Morgan fingerprint density at radius 2 is 2.62 bits per heavy atom. The van der Waals surface area contributed by atoms with E-state index in [2.05, 4.69) is 20.3 Å². The van der Waals surface area contributed by atoms with E-state index in [0.717, 1.165) is 10.1 Å². The van der Waals surface area contributed by atoms with Gasteiger partial charge < -0.3 is 0 Å². The molecule has 0 N–H and O–H groups in total. The molecule has 0 radical (unpaired) electrons. The molecule has 0 aliphatic carbocycles. The summed E-state index contributed by atoms with van der Waals surface area (Å²) in [7, 11) is 0. The standard InChI is InChI=1S/C4H2BrNOS/c5-4-3(2-7)1-6-8-4/h1-2H. The number of hydrogen-bond donors (Lipinski definition) is 0. The lowest BCUT2D eigenvalue weighted by molar-refractivity contribution is 0.112. The summed E-state index contributed by atoms with van der Waals surface area (Å²) < 4.78 is 4.55. The molecule has 0 unspecified atom stereocenters. The van der Waals surface area contributed by atoms with Crippen molar-refractivity contribution in [2.24, 2.45) is 0 Å². The monoisotopic (exact) mass is 191 g/mol. The minimum absolute atomic E-state index is 0.620. The van der Waals surface area contributed by atoms with E-state index >= 15 is 0 Å². The lowest BCUT2D eigenvalue weighted by Gasteiger charge is -1.74. The van der Waals surface area contributed by atoms with Crippen LogP contribution in [0.5, 0.6) is 0 Å². The zero-order chi connectivity index (χ0) is 5.98. The van der Waals surface area contributed by atoms with Crippen LogP contribution in [0.25, 0.3) is 0 Å². The smallest absolute Gasteiger partial charge is 0.153 e. The van der Waals surface area contributed by atoms with Gasteiger partial charge in [-0.15, -0.1) is 0 Å². The topological polar surface area (TPSA) is 30.0 Å². The van der Waals surface area contributed by atoms with Crippen LogP contribution in [0.1, 0.15) is 10.4 Å². The van der Waals surface area contributed by atoms with E-state index in [-0.39, 0.29) is 0 Å². The highest BCUT2D eigenvalue weighted by atomic mass is 79.9. The van der Waals surface area contributed by atoms with Crippen molar-refractivity contribution in [3.63, 3.8) is 0 Å². The van der Waals surface area contributed by atoms with Gasteiger partial charge in [0.2, 0.25) is 0 Å². The summed E-state index contributed by atoms with van der Waals surface area (Å²) in [6.45, 7) is 0. The molecule has 0 aromatic carbocycles. The third-order valence-electron chi connectivity index (χ3n) is 0.679. The zero-order valence-electron chi connectivity index (χ0n) is 3.80. The van der Waals surface area contributed by atoms with Crippen molar-refractivity contribution in [1.29, 1.82) is 0 Å². The van der Waals surface area contributed by atoms with E-state index in [4.69, 9.17) is 0 Å². The Morgan fingerprint density at radius 3 is 2.88 bits per heavy atom. The van der Waals surface area contributed by atoms with Crippen LogP contribution >= 0.6 is 27.5 Å². The first-order valence-electron chi connectivity index (χ1n) is 1.90. The molecule has 0 aliphatic heterocycles. The van der Waals surface area contributed by atoms with Crippen LogP contribution in [-0.2, 0) is 0 Å². The number of nitrogens with zero attached hydrogens (tertiary/aromatic N) is 1. The maximum atomic E-state index is 10.0. The molecule has 1 aromatic heterocycles. The van der Waals surface area contributed by atoms with Crippen LogP contribution in [0.2, 0.25) is 0 Å². The zero-order valence-corrected chi connectivity index (χ0v) is 6.20. The van der Waals surface area contributed by atoms with Gasteiger partial charge in [-0.05, 0) is 27.5 Å². The Hall–Kier alpha value is -0.220. The maximum Gasteiger partial charge on any atom is 0.153 e. The molecule has 0 saturated heterocycles. The van der Waals surface area contributed by atoms with Crippen molar-refractivity contribution in [2.75, 3.05) is 0 Å². The van der Waals surface area contributed by atoms with Gasteiger partial charge in [0.1, 0.15) is 3.79 Å². The van der Waals surface area contributed by atoms with E-state index in [1.165, 1.54) is 17.7 Å². The summed E-state index contributed by atoms with van der Waals surface area (Å²) in [5, 5.41) is 0. The molecule has 1 rings (SSSR count). The fourth-order valence-corrected chi connectivity index (χ4v) is 1.22. The first-order valence-corrected chi connectivity index (χ1v) is 3.46. The first kappa shape index (κ1) is 5.91. The molecule has 0 spiro atoms. The highest BCUT2D eigenvalue weighted by Crippen LogP contribution is 2.17. The van der Waals surface area contributed by atoms with E-state index in [1.54, 1.807) is 0 Å². The molecule has 2 nitrogen and oxygen atoms in total. The van der Waals surface area contributed by atoms with Gasteiger partial charge in [0.05, 0.1) is 11.8 Å². The maximum absolute atomic E-state index is 10.0. The molecule has 0 atom stereocenters. The predicted molar refractivity (Wildman–Crippen MR) is 35.2 cm³/mol. The lowest BCUT2D eigenvalue weighted by atomic mass is 10.4. The number of carbonyl (C=O) groups is 1. The molecule has 1 aromatic rings. The van der Waals surface area contributed by atoms with E-state index in [9.17, 15) is 4.79 Å². The molecule has 1 heterocycles. The molecule has 0 amide bonds. The normalized spacial score (nSPS) is 9.12. The first-order chi connectivity index (χ1) is 3.84. The van der Waals surface area contributed by atoms with Gasteiger partial charge in [-0.3, -0.25) is 4.79 Å². The van der Waals surface area contributed by atoms with Crippen LogP contribution in [-0.4, -0.2) is 10.7 Å². The average Bonchev–Trinajstić information content (AvgIpc) is 2.14. The Morgan fingerprint density at radius 1 is 1.88 bits per heavy atom. The third kappa shape index (κ3) is 0.952. The summed E-state index contributed by atoms with van der Waals surface area (Å²) in [5.41, 5.74) is 0.620. The molecular weight excluding hydrogens is 190 g/mol. The fourth-order valence-electron chi connectivity index (χ4n) is 0.310. The van der Waals surface area contributed by atoms with Gasteiger partial charge in [0.15, 0.2) is 6.29 Å². The Kier molecular flexibility index (Phi) is 1.75. The second kappa shape index (κ2) is 2.37. The Labute approximate surface area is 58.8 Å². The van der Waals surface area contributed by atoms with Gasteiger partial charge in [-0.25, -0.2) is 0 Å². The Balaban J connectivity index is 3.09. The van der Waals surface area contributed by atoms with E-state index in [1.807, 2.05) is 0 Å². The largest absolute Gasteiger partial charge is 0.298 e. The molecule has 8 heavy (non-hydrogen) atoms. The summed E-state index contributed by atoms with van der Waals surface area (Å²) in [6, 6.07) is 0. The second-order valence-electron chi connectivity index (χ2n) is 1.17. The summed E-state index contributed by atoms with van der Waals surface area (Å²) >= 11 is 4.42. The van der Waals surface area contributed by atoms with Gasteiger partial charge in [0, 0.05) is 0 Å². The number of halogens is 1. The third-order valence-corrected chi connectivity index (χ3v) is 2.18. The van der Waals surface area contributed by atoms with Gasteiger partial charge >= 0.3 is 0 Å². The molecule has 42 valence electrons. The SMILES string of the molecule is O=Cc1cnsc1Br. The quantitative estimate of drug-likeness (QED) is 0.634. The summed E-state index contributed by atoms with van der Waals surface area (Å²) in [6.07, 6.45) is 2.30. The average molecular weight is 192 g/mol. The molecular formula is C4H2BrNOS. The molecule has 4 heteroatoms. The highest BCUT2D eigenvalue weighted by molar-refractivity contribution is 9.11. The second-order valence-corrected chi connectivity index (χ2v) is 3.29. The summed E-state index contributed by atoms with van der Waals surface area (Å²) in [5.74, 6) is 0. The van der Waals surface area contributed by atoms with Crippen molar-refractivity contribution in [2.45, 2.75) is 0 Å². The number of hydrogen-bond acceptors (Lipinski definition) is 3. The van der Waals surface area contributed by atoms with Gasteiger partial charge in [-0.1, -0.05) is 0 Å². The predicted octanol–water partition coefficient (Wildman–Crippen LogP) is 1.72. The number of aromatic nitrogens is 1. The lowest BCUT2D eigenvalue weighted by Crippen LogP contribution is -1.69. The van der Waals surface area contributed by atoms with Gasteiger partial charge in [-0.2, -0.15) is 4.37 Å². The van der Waals surface area contributed by atoms with Crippen LogP contribution < -0.4 is 0 Å². The van der Waals surface area contributed by atoms with Crippen molar-refractivity contribution in [3.05, 3.63) is 15.5 Å². The molecule has 0 aliphatic rings. The minimum atomic E-state index is 0.620. The van der Waals surface area contributed by atoms with Crippen molar-refractivity contribution in [1.82, 2.24) is 4.37 Å². The van der Waals surface area contributed by atoms with Crippen molar-refractivity contribution in [3.8, 4) is 0 Å². The number of rotatable bonds is 1. The highest BCUT2D eigenvalue weighted by Gasteiger charge is 1.97. The van der Waals surface area contributed by atoms with E-state index < -0.39 is 0 Å². The van der Waals surface area contributed by atoms with Crippen molar-refractivity contribution < 1.29 is 4.79 Å². The number of aldehydes is 1. The molecule has 0 bridgehead atoms. The Bertz CT molecular complexity index is 198. The van der Waals surface area contributed by atoms with Crippen LogP contribution in [0.3, 0.4) is 0 Å². The van der Waals surface area contributed by atoms with Crippen LogP contribution in [0, 0.1) is 0 Å². The van der Waals surface area contributed by atoms with Crippen LogP contribution in [0.4, 0.5) is 0 Å². The summed E-state index contributed by atoms with van der Waals surface area (Å²) in [4.78, 5) is 10.0. The fraction of sp³-hybridized carbons (Fsp3) is 0. The molecule has 0 saturated carbocycles. The minimum Gasteiger partial charge on any atom is -0.298 e. The van der Waals surface area contributed by atoms with Gasteiger partial charge in [0.25, 0.3) is 0 Å². The molecule has 0 fully saturated rings.